The van der Waals surface area contributed by atoms with Crippen LogP contribution >= 0.6 is 11.6 Å². The second-order valence-corrected chi connectivity index (χ2v) is 8.34. The summed E-state index contributed by atoms with van der Waals surface area (Å²) in [6.07, 6.45) is 3.24. The van der Waals surface area contributed by atoms with Crippen molar-refractivity contribution < 1.29 is 9.47 Å². The average Bonchev–Trinajstić information content (AvgIpc) is 2.65. The number of halogens is 1. The van der Waals surface area contributed by atoms with Crippen LogP contribution in [0.3, 0.4) is 0 Å². The summed E-state index contributed by atoms with van der Waals surface area (Å²) in [5.74, 6) is 2.46. The van der Waals surface area contributed by atoms with Crippen molar-refractivity contribution in [3.05, 3.63) is 33.3 Å². The number of benzene rings is 1. The van der Waals surface area contributed by atoms with Gasteiger partial charge in [0.2, 0.25) is 0 Å². The molecule has 1 aromatic carbocycles. The molecule has 2 aromatic rings. The molecular weight excluding hydrogens is 366 g/mol. The lowest BCUT2D eigenvalue weighted by molar-refractivity contribution is -0.0590. The van der Waals surface area contributed by atoms with Gasteiger partial charge < -0.3 is 9.47 Å². The van der Waals surface area contributed by atoms with Crippen LogP contribution < -0.4 is 10.3 Å². The van der Waals surface area contributed by atoms with Crippen LogP contribution in [-0.4, -0.2) is 53.9 Å². The minimum absolute atomic E-state index is 0.0162. The number of hydrogen-bond acceptors (Lipinski definition) is 5. The quantitative estimate of drug-likeness (QED) is 0.807. The number of fused-ring (bicyclic) bond motifs is 4. The Balaban J connectivity index is 1.56. The molecule has 1 aromatic heterocycles. The van der Waals surface area contributed by atoms with Crippen molar-refractivity contribution in [1.82, 2.24) is 14.5 Å². The van der Waals surface area contributed by atoms with Gasteiger partial charge in [0.25, 0.3) is 5.56 Å². The van der Waals surface area contributed by atoms with Gasteiger partial charge in [-0.3, -0.25) is 14.3 Å². The molecule has 2 atom stereocenters. The monoisotopic (exact) mass is 389 g/mol. The summed E-state index contributed by atoms with van der Waals surface area (Å²) in [7, 11) is 1.58. The fourth-order valence-electron chi connectivity index (χ4n) is 4.92. The highest BCUT2D eigenvalue weighted by Gasteiger charge is 2.39. The maximum absolute atomic E-state index is 13.1. The van der Waals surface area contributed by atoms with Gasteiger partial charge in [-0.2, -0.15) is 0 Å². The topological polar surface area (TPSA) is 56.6 Å². The predicted molar refractivity (Wildman–Crippen MR) is 104 cm³/mol. The van der Waals surface area contributed by atoms with E-state index in [0.717, 1.165) is 57.9 Å². The van der Waals surface area contributed by atoms with E-state index in [-0.39, 0.29) is 5.56 Å². The van der Waals surface area contributed by atoms with Gasteiger partial charge in [0.1, 0.15) is 11.6 Å². The highest BCUT2D eigenvalue weighted by Crippen LogP contribution is 2.38. The minimum Gasteiger partial charge on any atom is -0.495 e. The normalized spacial score (nSPS) is 25.7. The van der Waals surface area contributed by atoms with Crippen LogP contribution in [0.2, 0.25) is 5.02 Å². The fraction of sp³-hybridized carbons (Fsp3) is 0.600. The van der Waals surface area contributed by atoms with Crippen LogP contribution in [0.25, 0.3) is 10.9 Å². The molecular formula is C20H24ClN3O3. The van der Waals surface area contributed by atoms with E-state index in [9.17, 15) is 4.79 Å². The molecule has 3 aliphatic heterocycles. The van der Waals surface area contributed by atoms with E-state index in [2.05, 4.69) is 4.90 Å². The van der Waals surface area contributed by atoms with Gasteiger partial charge in [0, 0.05) is 37.0 Å². The molecule has 0 unspecified atom stereocenters. The first-order valence-electron chi connectivity index (χ1n) is 9.75. The van der Waals surface area contributed by atoms with Crippen molar-refractivity contribution in [3.63, 3.8) is 0 Å². The third-order valence-electron chi connectivity index (χ3n) is 6.33. The van der Waals surface area contributed by atoms with Crippen LogP contribution in [0, 0.1) is 5.92 Å². The molecule has 6 nitrogen and oxygen atoms in total. The minimum atomic E-state index is 0.0162. The second-order valence-electron chi connectivity index (χ2n) is 7.93. The van der Waals surface area contributed by atoms with Gasteiger partial charge >= 0.3 is 0 Å². The molecule has 0 aliphatic carbocycles. The second kappa shape index (κ2) is 6.76. The lowest BCUT2D eigenvalue weighted by Crippen LogP contribution is -2.52. The highest BCUT2D eigenvalue weighted by molar-refractivity contribution is 6.32. The number of aromatic nitrogens is 2. The first-order chi connectivity index (χ1) is 13.2. The van der Waals surface area contributed by atoms with Crippen molar-refractivity contribution >= 4 is 22.5 Å². The summed E-state index contributed by atoms with van der Waals surface area (Å²) in [6, 6.07) is 3.95. The summed E-state index contributed by atoms with van der Waals surface area (Å²) in [4.78, 5) is 20.7. The highest BCUT2D eigenvalue weighted by atomic mass is 35.5. The Kier molecular flexibility index (Phi) is 4.37. The third-order valence-corrected chi connectivity index (χ3v) is 6.63. The molecule has 0 amide bonds. The molecule has 0 radical (unpaired) electrons. The molecule has 7 heteroatoms. The van der Waals surface area contributed by atoms with Gasteiger partial charge in [0.15, 0.2) is 0 Å². The molecule has 0 N–H and O–H groups in total. The standard InChI is InChI=1S/C20H24ClN3O3/c1-26-18-8-16-14(7-15(18)21)20(25)24-6-4-17-13(19(24)22-16)3-2-5-23(17)9-12-10-27-11-12/h7-8,12-13,17H,2-6,9-11H2,1H3/t13-,17+/m0/s1. The van der Waals surface area contributed by atoms with Crippen molar-refractivity contribution in [1.29, 1.82) is 0 Å². The van der Waals surface area contributed by atoms with E-state index in [0.29, 0.717) is 39.6 Å². The SMILES string of the molecule is COc1cc2nc3n(c(=O)c2cc1Cl)CC[C@@H]1[C@@H]3CCCN1CC1COC1. The number of piperidine rings is 1. The fourth-order valence-corrected chi connectivity index (χ4v) is 5.16. The van der Waals surface area contributed by atoms with Crippen LogP contribution in [0.4, 0.5) is 0 Å². The van der Waals surface area contributed by atoms with E-state index in [1.807, 2.05) is 4.57 Å². The Morgan fingerprint density at radius 2 is 2.15 bits per heavy atom. The molecule has 4 heterocycles. The van der Waals surface area contributed by atoms with Crippen molar-refractivity contribution in [2.24, 2.45) is 5.92 Å². The predicted octanol–water partition coefficient (Wildman–Crippen LogP) is 2.66. The summed E-state index contributed by atoms with van der Waals surface area (Å²) in [6.45, 7) is 4.72. The number of rotatable bonds is 3. The number of likely N-dealkylation sites (tertiary alicyclic amines) is 1. The average molecular weight is 390 g/mol. The molecule has 0 spiro atoms. The van der Waals surface area contributed by atoms with Crippen LogP contribution in [0.1, 0.15) is 31.0 Å². The molecule has 0 saturated carbocycles. The molecule has 5 rings (SSSR count). The number of ether oxygens (including phenoxy) is 2. The molecule has 144 valence electrons. The van der Waals surface area contributed by atoms with E-state index >= 15 is 0 Å². The zero-order chi connectivity index (χ0) is 18.5. The summed E-state index contributed by atoms with van der Waals surface area (Å²) >= 11 is 6.24. The number of hydrogen-bond donors (Lipinski definition) is 0. The van der Waals surface area contributed by atoms with Crippen LogP contribution in [0.15, 0.2) is 16.9 Å². The van der Waals surface area contributed by atoms with Crippen LogP contribution in [-0.2, 0) is 11.3 Å². The summed E-state index contributed by atoms with van der Waals surface area (Å²) < 4.78 is 12.6. The van der Waals surface area contributed by atoms with Crippen LogP contribution in [0.5, 0.6) is 5.75 Å². The molecule has 0 bridgehead atoms. The Bertz CT molecular complexity index is 940. The van der Waals surface area contributed by atoms with E-state index in [4.69, 9.17) is 26.1 Å². The molecule has 2 saturated heterocycles. The lowest BCUT2D eigenvalue weighted by atomic mass is 9.83. The van der Waals surface area contributed by atoms with Gasteiger partial charge in [0.05, 0.1) is 36.2 Å². The van der Waals surface area contributed by atoms with Gasteiger partial charge in [-0.25, -0.2) is 4.98 Å². The first kappa shape index (κ1) is 17.5. The Morgan fingerprint density at radius 1 is 1.30 bits per heavy atom. The van der Waals surface area contributed by atoms with Gasteiger partial charge in [-0.05, 0) is 31.9 Å². The van der Waals surface area contributed by atoms with E-state index in [1.165, 1.54) is 0 Å². The largest absolute Gasteiger partial charge is 0.495 e. The lowest BCUT2D eigenvalue weighted by Gasteiger charge is -2.46. The number of nitrogens with zero attached hydrogens (tertiary/aromatic N) is 3. The van der Waals surface area contributed by atoms with E-state index in [1.54, 1.807) is 19.2 Å². The van der Waals surface area contributed by atoms with Crippen molar-refractivity contribution in [2.45, 2.75) is 37.8 Å². The van der Waals surface area contributed by atoms with Gasteiger partial charge in [-0.15, -0.1) is 0 Å². The molecule has 3 aliphatic rings. The Labute approximate surface area is 163 Å². The number of methoxy groups -OCH3 is 1. The smallest absolute Gasteiger partial charge is 0.261 e. The zero-order valence-corrected chi connectivity index (χ0v) is 16.2. The first-order valence-corrected chi connectivity index (χ1v) is 10.1. The molecule has 2 fully saturated rings. The van der Waals surface area contributed by atoms with Gasteiger partial charge in [-0.1, -0.05) is 11.6 Å². The van der Waals surface area contributed by atoms with E-state index < -0.39 is 0 Å². The molecule has 27 heavy (non-hydrogen) atoms. The Morgan fingerprint density at radius 3 is 2.89 bits per heavy atom. The summed E-state index contributed by atoms with van der Waals surface area (Å²) in [5, 5.41) is 1.02. The van der Waals surface area contributed by atoms with Crippen molar-refractivity contribution in [3.8, 4) is 5.75 Å². The maximum Gasteiger partial charge on any atom is 0.261 e. The van der Waals surface area contributed by atoms with Crippen molar-refractivity contribution in [2.75, 3.05) is 33.4 Å². The Hall–Kier alpha value is -1.63. The zero-order valence-electron chi connectivity index (χ0n) is 15.5. The third kappa shape index (κ3) is 2.85. The maximum atomic E-state index is 13.1. The summed E-state index contributed by atoms with van der Waals surface area (Å²) in [5.41, 5.74) is 0.695.